The summed E-state index contributed by atoms with van der Waals surface area (Å²) in [7, 11) is 0. The Labute approximate surface area is 127 Å². The third kappa shape index (κ3) is 3.79. The Morgan fingerprint density at radius 3 is 2.62 bits per heavy atom. The molecule has 0 aliphatic heterocycles. The molecule has 0 aliphatic carbocycles. The molecule has 2 rings (SSSR count). The summed E-state index contributed by atoms with van der Waals surface area (Å²) in [5, 5.41) is 3.93. The molecule has 0 radical (unpaired) electrons. The van der Waals surface area contributed by atoms with E-state index in [2.05, 4.69) is 24.0 Å². The van der Waals surface area contributed by atoms with Crippen LogP contribution in [0.2, 0.25) is 0 Å². The lowest BCUT2D eigenvalue weighted by molar-refractivity contribution is 0.0402. The van der Waals surface area contributed by atoms with Crippen molar-refractivity contribution >= 4 is 11.3 Å². The first-order valence-corrected chi connectivity index (χ1v) is 7.81. The van der Waals surface area contributed by atoms with E-state index >= 15 is 0 Å². The standard InChI is InChI=1S/C14H21N3O3S/c1-8(2)7-19-10(4)13-15-12(20-16-13)6-17-9(3)11(5)21-14(17)18/h8,10H,6-7H2,1-5H3/t10-/m1/s1. The number of hydrogen-bond donors (Lipinski definition) is 0. The summed E-state index contributed by atoms with van der Waals surface area (Å²) in [6.45, 7) is 10.9. The van der Waals surface area contributed by atoms with Crippen molar-refractivity contribution < 1.29 is 9.26 Å². The van der Waals surface area contributed by atoms with Gasteiger partial charge in [0.25, 0.3) is 0 Å². The first kappa shape index (κ1) is 15.9. The quantitative estimate of drug-likeness (QED) is 0.820. The van der Waals surface area contributed by atoms with Gasteiger partial charge in [0.15, 0.2) is 5.82 Å². The third-order valence-corrected chi connectivity index (χ3v) is 4.19. The van der Waals surface area contributed by atoms with Crippen LogP contribution in [-0.4, -0.2) is 21.3 Å². The van der Waals surface area contributed by atoms with E-state index in [-0.39, 0.29) is 11.0 Å². The molecule has 0 spiro atoms. The van der Waals surface area contributed by atoms with Crippen molar-refractivity contribution in [3.63, 3.8) is 0 Å². The van der Waals surface area contributed by atoms with Crippen molar-refractivity contribution in [2.24, 2.45) is 5.92 Å². The predicted octanol–water partition coefficient (Wildman–Crippen LogP) is 2.69. The van der Waals surface area contributed by atoms with Crippen LogP contribution in [-0.2, 0) is 11.3 Å². The molecular formula is C14H21N3O3S. The Hall–Kier alpha value is -1.47. The lowest BCUT2D eigenvalue weighted by Gasteiger charge is -2.10. The van der Waals surface area contributed by atoms with Crippen molar-refractivity contribution in [2.75, 3.05) is 6.61 Å². The van der Waals surface area contributed by atoms with E-state index < -0.39 is 0 Å². The second-order valence-electron chi connectivity index (χ2n) is 5.51. The highest BCUT2D eigenvalue weighted by atomic mass is 32.1. The van der Waals surface area contributed by atoms with Gasteiger partial charge >= 0.3 is 4.87 Å². The van der Waals surface area contributed by atoms with Gasteiger partial charge in [-0.1, -0.05) is 30.3 Å². The van der Waals surface area contributed by atoms with E-state index in [9.17, 15) is 4.79 Å². The van der Waals surface area contributed by atoms with Gasteiger partial charge in [0, 0.05) is 17.2 Å². The molecule has 0 aromatic carbocycles. The Balaban J connectivity index is 2.08. The van der Waals surface area contributed by atoms with Crippen LogP contribution < -0.4 is 4.87 Å². The summed E-state index contributed by atoms with van der Waals surface area (Å²) < 4.78 is 12.5. The number of aryl methyl sites for hydroxylation is 1. The van der Waals surface area contributed by atoms with E-state index in [4.69, 9.17) is 9.26 Å². The summed E-state index contributed by atoms with van der Waals surface area (Å²) in [6.07, 6.45) is -0.216. The largest absolute Gasteiger partial charge is 0.370 e. The molecule has 0 amide bonds. The SMILES string of the molecule is Cc1sc(=O)n(Cc2nc([C@@H](C)OCC(C)C)no2)c1C. The minimum Gasteiger partial charge on any atom is -0.370 e. The van der Waals surface area contributed by atoms with Crippen LogP contribution in [0, 0.1) is 19.8 Å². The van der Waals surface area contributed by atoms with Gasteiger partial charge in [0.05, 0.1) is 0 Å². The molecule has 0 N–H and O–H groups in total. The van der Waals surface area contributed by atoms with Crippen molar-refractivity contribution in [1.29, 1.82) is 0 Å². The molecule has 0 saturated heterocycles. The molecule has 2 aromatic rings. The van der Waals surface area contributed by atoms with Gasteiger partial charge in [-0.3, -0.25) is 9.36 Å². The number of hydrogen-bond acceptors (Lipinski definition) is 6. The summed E-state index contributed by atoms with van der Waals surface area (Å²) in [5.41, 5.74) is 0.939. The number of nitrogens with zero attached hydrogens (tertiary/aromatic N) is 3. The summed E-state index contributed by atoms with van der Waals surface area (Å²) in [5.74, 6) is 1.39. The minimum atomic E-state index is -0.216. The first-order chi connectivity index (χ1) is 9.88. The van der Waals surface area contributed by atoms with Crippen molar-refractivity contribution in [1.82, 2.24) is 14.7 Å². The van der Waals surface area contributed by atoms with Crippen LogP contribution in [0.25, 0.3) is 0 Å². The van der Waals surface area contributed by atoms with Crippen LogP contribution in [0.1, 0.15) is 49.2 Å². The molecule has 0 unspecified atom stereocenters. The van der Waals surface area contributed by atoms with E-state index in [1.54, 1.807) is 4.57 Å². The van der Waals surface area contributed by atoms with Crippen LogP contribution in [0.5, 0.6) is 0 Å². The predicted molar refractivity (Wildman–Crippen MR) is 80.7 cm³/mol. The molecule has 7 heteroatoms. The number of rotatable bonds is 6. The highest BCUT2D eigenvalue weighted by Crippen LogP contribution is 2.16. The maximum Gasteiger partial charge on any atom is 0.308 e. The molecule has 0 aliphatic rings. The van der Waals surface area contributed by atoms with E-state index in [1.165, 1.54) is 11.3 Å². The average molecular weight is 311 g/mol. The maximum atomic E-state index is 11.9. The summed E-state index contributed by atoms with van der Waals surface area (Å²) in [6, 6.07) is 0. The average Bonchev–Trinajstić information content (AvgIpc) is 2.97. The zero-order chi connectivity index (χ0) is 15.6. The van der Waals surface area contributed by atoms with Gasteiger partial charge in [-0.15, -0.1) is 0 Å². The molecule has 2 aromatic heterocycles. The highest BCUT2D eigenvalue weighted by Gasteiger charge is 2.17. The fraction of sp³-hybridized carbons (Fsp3) is 0.643. The normalized spacial score (nSPS) is 13.0. The van der Waals surface area contributed by atoms with Crippen LogP contribution in [0.3, 0.4) is 0 Å². The fourth-order valence-corrected chi connectivity index (χ4v) is 2.65. The van der Waals surface area contributed by atoms with E-state index in [1.807, 2.05) is 20.8 Å². The molecule has 0 fully saturated rings. The Bertz CT molecular complexity index is 657. The van der Waals surface area contributed by atoms with Gasteiger partial charge < -0.3 is 9.26 Å². The molecule has 0 bridgehead atoms. The summed E-state index contributed by atoms with van der Waals surface area (Å²) in [4.78, 5) is 17.2. The number of thiazole rings is 1. The molecular weight excluding hydrogens is 290 g/mol. The number of aromatic nitrogens is 3. The topological polar surface area (TPSA) is 70.2 Å². The molecule has 21 heavy (non-hydrogen) atoms. The van der Waals surface area contributed by atoms with Gasteiger partial charge in [-0.25, -0.2) is 0 Å². The lowest BCUT2D eigenvalue weighted by Crippen LogP contribution is -2.15. The highest BCUT2D eigenvalue weighted by molar-refractivity contribution is 7.09. The van der Waals surface area contributed by atoms with Crippen LogP contribution in [0.4, 0.5) is 0 Å². The molecule has 2 heterocycles. The minimum absolute atomic E-state index is 0.00569. The Kier molecular flexibility index (Phi) is 4.95. The Morgan fingerprint density at radius 2 is 2.05 bits per heavy atom. The van der Waals surface area contributed by atoms with E-state index in [0.717, 1.165) is 10.6 Å². The van der Waals surface area contributed by atoms with Crippen molar-refractivity contribution in [2.45, 2.75) is 47.3 Å². The molecule has 1 atom stereocenters. The van der Waals surface area contributed by atoms with Gasteiger partial charge in [0.2, 0.25) is 5.89 Å². The van der Waals surface area contributed by atoms with Crippen LogP contribution in [0.15, 0.2) is 9.32 Å². The van der Waals surface area contributed by atoms with Gasteiger partial charge in [-0.05, 0) is 26.7 Å². The van der Waals surface area contributed by atoms with Gasteiger partial charge in [0.1, 0.15) is 12.6 Å². The monoisotopic (exact) mass is 311 g/mol. The molecule has 0 saturated carbocycles. The first-order valence-electron chi connectivity index (χ1n) is 6.99. The maximum absolute atomic E-state index is 11.9. The molecule has 116 valence electrons. The summed E-state index contributed by atoms with van der Waals surface area (Å²) >= 11 is 1.23. The molecule has 6 nitrogen and oxygen atoms in total. The lowest BCUT2D eigenvalue weighted by atomic mass is 10.2. The zero-order valence-electron chi connectivity index (χ0n) is 13.0. The smallest absolute Gasteiger partial charge is 0.308 e. The van der Waals surface area contributed by atoms with Crippen molar-refractivity contribution in [3.8, 4) is 0 Å². The van der Waals surface area contributed by atoms with Crippen molar-refractivity contribution in [3.05, 3.63) is 32.0 Å². The second-order valence-corrected chi connectivity index (χ2v) is 6.68. The second kappa shape index (κ2) is 6.53. The number of ether oxygens (including phenoxy) is 1. The van der Waals surface area contributed by atoms with Gasteiger partial charge in [-0.2, -0.15) is 4.98 Å². The van der Waals surface area contributed by atoms with E-state index in [0.29, 0.717) is 30.8 Å². The third-order valence-electron chi connectivity index (χ3n) is 3.20. The fourth-order valence-electron chi connectivity index (χ4n) is 1.81. The van der Waals surface area contributed by atoms with Crippen LogP contribution >= 0.6 is 11.3 Å². The Morgan fingerprint density at radius 1 is 1.33 bits per heavy atom. The zero-order valence-corrected chi connectivity index (χ0v) is 13.9.